The second kappa shape index (κ2) is 6.55. The fraction of sp³-hybridized carbons (Fsp3) is 0.688. The van der Waals surface area contributed by atoms with Crippen molar-refractivity contribution in [1.29, 1.82) is 0 Å². The lowest BCUT2D eigenvalue weighted by molar-refractivity contribution is 0.205. The van der Waals surface area contributed by atoms with E-state index in [1.807, 2.05) is 0 Å². The Morgan fingerprint density at radius 3 is 2.45 bits per heavy atom. The number of likely N-dealkylation sites (tertiary alicyclic amines) is 1. The monoisotopic (exact) mass is 274 g/mol. The molecule has 0 unspecified atom stereocenters. The lowest BCUT2D eigenvalue weighted by Gasteiger charge is -2.30. The van der Waals surface area contributed by atoms with Crippen molar-refractivity contribution in [3.05, 3.63) is 23.9 Å². The molecular weight excluding hydrogens is 248 g/mol. The second-order valence-electron chi connectivity index (χ2n) is 6.19. The summed E-state index contributed by atoms with van der Waals surface area (Å²) in [6.45, 7) is 5.58. The van der Waals surface area contributed by atoms with Crippen LogP contribution in [0.4, 0.5) is 5.82 Å². The molecule has 0 amide bonds. The summed E-state index contributed by atoms with van der Waals surface area (Å²) in [7, 11) is 0. The molecule has 0 atom stereocenters. The number of nitrogens with two attached hydrogens (primary N) is 1. The van der Waals surface area contributed by atoms with Crippen LogP contribution in [0.25, 0.3) is 0 Å². The average molecular weight is 274 g/mol. The first-order valence-corrected chi connectivity index (χ1v) is 7.99. The van der Waals surface area contributed by atoms with Crippen molar-refractivity contribution in [3.8, 4) is 0 Å². The molecule has 1 aromatic heterocycles. The molecule has 0 aromatic carbocycles. The van der Waals surface area contributed by atoms with Gasteiger partial charge in [0.05, 0.1) is 0 Å². The van der Waals surface area contributed by atoms with Gasteiger partial charge in [0.1, 0.15) is 5.82 Å². The van der Waals surface area contributed by atoms with Gasteiger partial charge in [-0.2, -0.15) is 0 Å². The van der Waals surface area contributed by atoms with Crippen molar-refractivity contribution in [2.75, 3.05) is 31.1 Å². The van der Waals surface area contributed by atoms with Crippen molar-refractivity contribution >= 4 is 5.82 Å². The average Bonchev–Trinajstić information content (AvgIpc) is 2.51. The van der Waals surface area contributed by atoms with Crippen molar-refractivity contribution in [1.82, 2.24) is 9.88 Å². The van der Waals surface area contributed by atoms with Gasteiger partial charge in [-0.15, -0.1) is 0 Å². The lowest BCUT2D eigenvalue weighted by atomic mass is 10.1. The Morgan fingerprint density at radius 1 is 1.05 bits per heavy atom. The summed E-state index contributed by atoms with van der Waals surface area (Å²) >= 11 is 0. The minimum absolute atomic E-state index is 0.408. The number of pyridine rings is 1. The van der Waals surface area contributed by atoms with E-state index in [2.05, 4.69) is 33.1 Å². The van der Waals surface area contributed by atoms with E-state index in [1.54, 1.807) is 0 Å². The van der Waals surface area contributed by atoms with Crippen LogP contribution in [0.5, 0.6) is 0 Å². The highest BCUT2D eigenvalue weighted by atomic mass is 15.2. The Bertz CT molecular complexity index is 403. The first kappa shape index (κ1) is 13.8. The van der Waals surface area contributed by atoms with E-state index in [0.717, 1.165) is 51.4 Å². The molecule has 0 radical (unpaired) electrons. The number of aromatic nitrogens is 1. The maximum atomic E-state index is 5.95. The van der Waals surface area contributed by atoms with Crippen LogP contribution in [0.3, 0.4) is 0 Å². The molecule has 2 saturated heterocycles. The van der Waals surface area contributed by atoms with Crippen molar-refractivity contribution in [2.45, 2.75) is 44.7 Å². The van der Waals surface area contributed by atoms with E-state index in [9.17, 15) is 0 Å². The van der Waals surface area contributed by atoms with E-state index >= 15 is 0 Å². The number of hydrogen-bond acceptors (Lipinski definition) is 4. The van der Waals surface area contributed by atoms with Gasteiger partial charge in [0, 0.05) is 31.9 Å². The van der Waals surface area contributed by atoms with E-state index in [1.165, 1.54) is 24.8 Å². The number of nitrogens with zero attached hydrogens (tertiary/aromatic N) is 3. The maximum absolute atomic E-state index is 5.95. The van der Waals surface area contributed by atoms with Crippen LogP contribution in [0.2, 0.25) is 0 Å². The SMILES string of the molecule is NC1CCN(Cc2ccc(N3CCCCC3)nc2)CC1. The standard InChI is InChI=1S/C16H26N4/c17-15-6-10-19(11-7-15)13-14-4-5-16(18-12-14)20-8-2-1-3-9-20/h4-5,12,15H,1-3,6-11,13,17H2. The maximum Gasteiger partial charge on any atom is 0.128 e. The molecule has 0 spiro atoms. The third-order valence-corrected chi connectivity index (χ3v) is 4.53. The van der Waals surface area contributed by atoms with Crippen LogP contribution >= 0.6 is 0 Å². The third-order valence-electron chi connectivity index (χ3n) is 4.53. The zero-order chi connectivity index (χ0) is 13.8. The summed E-state index contributed by atoms with van der Waals surface area (Å²) < 4.78 is 0. The molecule has 1 aromatic rings. The topological polar surface area (TPSA) is 45.4 Å². The minimum atomic E-state index is 0.408. The largest absolute Gasteiger partial charge is 0.357 e. The molecule has 110 valence electrons. The Balaban J connectivity index is 1.55. The molecule has 4 heteroatoms. The molecular formula is C16H26N4. The van der Waals surface area contributed by atoms with Crippen LogP contribution in [0, 0.1) is 0 Å². The minimum Gasteiger partial charge on any atom is -0.357 e. The molecule has 2 fully saturated rings. The Morgan fingerprint density at radius 2 is 1.80 bits per heavy atom. The molecule has 0 bridgehead atoms. The van der Waals surface area contributed by atoms with Gasteiger partial charge in [0.2, 0.25) is 0 Å². The predicted octanol–water partition coefficient (Wildman–Crippen LogP) is 1.99. The van der Waals surface area contributed by atoms with E-state index in [-0.39, 0.29) is 0 Å². The number of hydrogen-bond donors (Lipinski definition) is 1. The first-order chi connectivity index (χ1) is 9.81. The van der Waals surface area contributed by atoms with Crippen LogP contribution in [0.1, 0.15) is 37.7 Å². The van der Waals surface area contributed by atoms with Crippen LogP contribution in [-0.4, -0.2) is 42.1 Å². The smallest absolute Gasteiger partial charge is 0.128 e. The van der Waals surface area contributed by atoms with E-state index in [0.29, 0.717) is 6.04 Å². The van der Waals surface area contributed by atoms with Crippen LogP contribution in [0.15, 0.2) is 18.3 Å². The molecule has 2 N–H and O–H groups in total. The fourth-order valence-corrected chi connectivity index (χ4v) is 3.19. The Hall–Kier alpha value is -1.13. The lowest BCUT2D eigenvalue weighted by Crippen LogP contribution is -2.39. The number of anilines is 1. The van der Waals surface area contributed by atoms with Gasteiger partial charge >= 0.3 is 0 Å². The van der Waals surface area contributed by atoms with Gasteiger partial charge in [-0.3, -0.25) is 4.90 Å². The van der Waals surface area contributed by atoms with E-state index in [4.69, 9.17) is 5.73 Å². The quantitative estimate of drug-likeness (QED) is 0.915. The van der Waals surface area contributed by atoms with Gasteiger partial charge < -0.3 is 10.6 Å². The molecule has 4 nitrogen and oxygen atoms in total. The highest BCUT2D eigenvalue weighted by Crippen LogP contribution is 2.18. The summed E-state index contributed by atoms with van der Waals surface area (Å²) in [4.78, 5) is 9.55. The second-order valence-corrected chi connectivity index (χ2v) is 6.19. The molecule has 0 aliphatic carbocycles. The van der Waals surface area contributed by atoms with Crippen LogP contribution < -0.4 is 10.6 Å². The van der Waals surface area contributed by atoms with Gasteiger partial charge in [-0.1, -0.05) is 6.07 Å². The van der Waals surface area contributed by atoms with Gasteiger partial charge in [-0.25, -0.2) is 4.98 Å². The summed E-state index contributed by atoms with van der Waals surface area (Å²) in [5.74, 6) is 1.15. The first-order valence-electron chi connectivity index (χ1n) is 7.99. The van der Waals surface area contributed by atoms with Crippen molar-refractivity contribution < 1.29 is 0 Å². The van der Waals surface area contributed by atoms with Gasteiger partial charge in [0.25, 0.3) is 0 Å². The normalized spacial score (nSPS) is 22.1. The van der Waals surface area contributed by atoms with E-state index < -0.39 is 0 Å². The molecule has 2 aliphatic rings. The van der Waals surface area contributed by atoms with Crippen molar-refractivity contribution in [3.63, 3.8) is 0 Å². The highest BCUT2D eigenvalue weighted by Gasteiger charge is 2.16. The summed E-state index contributed by atoms with van der Waals surface area (Å²) in [5.41, 5.74) is 7.27. The van der Waals surface area contributed by atoms with Gasteiger partial charge in [0.15, 0.2) is 0 Å². The number of rotatable bonds is 3. The molecule has 3 heterocycles. The summed E-state index contributed by atoms with van der Waals surface area (Å²) in [5, 5.41) is 0. The predicted molar refractivity (Wildman–Crippen MR) is 82.8 cm³/mol. The molecule has 2 aliphatic heterocycles. The zero-order valence-corrected chi connectivity index (χ0v) is 12.3. The van der Waals surface area contributed by atoms with Gasteiger partial charge in [-0.05, 0) is 56.8 Å². The summed E-state index contributed by atoms with van der Waals surface area (Å²) in [6, 6.07) is 4.84. The zero-order valence-electron chi connectivity index (χ0n) is 12.3. The third kappa shape index (κ3) is 3.49. The Kier molecular flexibility index (Phi) is 4.53. The number of piperidine rings is 2. The summed E-state index contributed by atoms with van der Waals surface area (Å²) in [6.07, 6.45) is 8.28. The molecule has 3 rings (SSSR count). The van der Waals surface area contributed by atoms with Crippen molar-refractivity contribution in [2.24, 2.45) is 5.73 Å². The highest BCUT2D eigenvalue weighted by molar-refractivity contribution is 5.39. The molecule has 20 heavy (non-hydrogen) atoms. The fourth-order valence-electron chi connectivity index (χ4n) is 3.19. The van der Waals surface area contributed by atoms with Crippen LogP contribution in [-0.2, 0) is 6.54 Å². The molecule has 0 saturated carbocycles. The Labute approximate surface area is 122 Å².